The Morgan fingerprint density at radius 2 is 2.36 bits per heavy atom. The van der Waals surface area contributed by atoms with Gasteiger partial charge in [0, 0.05) is 26.1 Å². The maximum atomic E-state index is 11.3. The van der Waals surface area contributed by atoms with Crippen LogP contribution in [0.1, 0.15) is 20.8 Å². The van der Waals surface area contributed by atoms with Crippen molar-refractivity contribution in [1.29, 1.82) is 0 Å². The largest absolute Gasteiger partial charge is 0.377 e. The van der Waals surface area contributed by atoms with Gasteiger partial charge < -0.3 is 15.0 Å². The van der Waals surface area contributed by atoms with Crippen molar-refractivity contribution >= 4 is 5.91 Å². The molecule has 1 amide bonds. The molecule has 0 bridgehead atoms. The van der Waals surface area contributed by atoms with Gasteiger partial charge in [-0.2, -0.15) is 0 Å². The highest BCUT2D eigenvalue weighted by atomic mass is 16.5. The Hall–Kier alpha value is -0.610. The predicted molar refractivity (Wildman–Crippen MR) is 55.1 cm³/mol. The summed E-state index contributed by atoms with van der Waals surface area (Å²) in [5, 5.41) is 3.33. The molecule has 0 aliphatic carbocycles. The van der Waals surface area contributed by atoms with E-state index in [4.69, 9.17) is 4.74 Å². The summed E-state index contributed by atoms with van der Waals surface area (Å²) >= 11 is 0. The monoisotopic (exact) mass is 200 g/mol. The standard InChI is InChI=1S/C10H20N2O2/c1-8(2)11-6-10-7-14-5-4-12(10)9(3)13/h8,10-11H,4-7H2,1-3H3/t10-/m1/s1. The fourth-order valence-electron chi connectivity index (χ4n) is 1.61. The minimum Gasteiger partial charge on any atom is -0.377 e. The van der Waals surface area contributed by atoms with E-state index in [2.05, 4.69) is 19.2 Å². The van der Waals surface area contributed by atoms with Gasteiger partial charge in [-0.05, 0) is 0 Å². The minimum atomic E-state index is 0.142. The van der Waals surface area contributed by atoms with Crippen LogP contribution in [-0.4, -0.2) is 49.2 Å². The molecule has 0 aromatic carbocycles. The minimum absolute atomic E-state index is 0.142. The van der Waals surface area contributed by atoms with Crippen LogP contribution < -0.4 is 5.32 Å². The van der Waals surface area contributed by atoms with Crippen LogP contribution in [0.4, 0.5) is 0 Å². The van der Waals surface area contributed by atoms with Crippen LogP contribution in [0.25, 0.3) is 0 Å². The first-order valence-electron chi connectivity index (χ1n) is 5.19. The van der Waals surface area contributed by atoms with E-state index in [0.29, 0.717) is 19.3 Å². The summed E-state index contributed by atoms with van der Waals surface area (Å²) in [5.41, 5.74) is 0. The molecule has 14 heavy (non-hydrogen) atoms. The lowest BCUT2D eigenvalue weighted by Gasteiger charge is -2.35. The fourth-order valence-corrected chi connectivity index (χ4v) is 1.61. The number of amides is 1. The van der Waals surface area contributed by atoms with Crippen molar-refractivity contribution in [3.63, 3.8) is 0 Å². The van der Waals surface area contributed by atoms with Gasteiger partial charge in [0.1, 0.15) is 0 Å². The van der Waals surface area contributed by atoms with E-state index in [1.165, 1.54) is 0 Å². The highest BCUT2D eigenvalue weighted by Crippen LogP contribution is 2.06. The van der Waals surface area contributed by atoms with E-state index >= 15 is 0 Å². The van der Waals surface area contributed by atoms with Gasteiger partial charge in [0.05, 0.1) is 19.3 Å². The molecule has 1 atom stereocenters. The Labute approximate surface area is 85.6 Å². The van der Waals surface area contributed by atoms with E-state index < -0.39 is 0 Å². The normalized spacial score (nSPS) is 22.9. The lowest BCUT2D eigenvalue weighted by Crippen LogP contribution is -2.52. The molecule has 1 saturated heterocycles. The first-order chi connectivity index (χ1) is 6.61. The molecule has 1 N–H and O–H groups in total. The second kappa shape index (κ2) is 5.32. The molecule has 1 rings (SSSR count). The lowest BCUT2D eigenvalue weighted by atomic mass is 10.2. The van der Waals surface area contributed by atoms with Crippen molar-refractivity contribution in [3.05, 3.63) is 0 Å². The van der Waals surface area contributed by atoms with Crippen LogP contribution in [0.3, 0.4) is 0 Å². The highest BCUT2D eigenvalue weighted by molar-refractivity contribution is 5.73. The number of carbonyl (C=O) groups excluding carboxylic acids is 1. The van der Waals surface area contributed by atoms with Crippen LogP contribution >= 0.6 is 0 Å². The van der Waals surface area contributed by atoms with Crippen molar-refractivity contribution in [2.75, 3.05) is 26.3 Å². The van der Waals surface area contributed by atoms with Gasteiger partial charge in [-0.15, -0.1) is 0 Å². The molecule has 0 unspecified atom stereocenters. The molecule has 0 aromatic rings. The lowest BCUT2D eigenvalue weighted by molar-refractivity contribution is -0.137. The van der Waals surface area contributed by atoms with Gasteiger partial charge in [0.2, 0.25) is 5.91 Å². The molecule has 0 radical (unpaired) electrons. The summed E-state index contributed by atoms with van der Waals surface area (Å²) < 4.78 is 5.36. The van der Waals surface area contributed by atoms with Crippen molar-refractivity contribution in [1.82, 2.24) is 10.2 Å². The second-order valence-electron chi connectivity index (χ2n) is 4.00. The van der Waals surface area contributed by atoms with Gasteiger partial charge in [0.15, 0.2) is 0 Å². The predicted octanol–water partition coefficient (Wildman–Crippen LogP) is 0.232. The number of carbonyl (C=O) groups is 1. The molecule has 1 fully saturated rings. The molecule has 0 saturated carbocycles. The van der Waals surface area contributed by atoms with Gasteiger partial charge in [-0.1, -0.05) is 13.8 Å². The van der Waals surface area contributed by atoms with Gasteiger partial charge in [-0.25, -0.2) is 0 Å². The maximum absolute atomic E-state index is 11.3. The van der Waals surface area contributed by atoms with Crippen LogP contribution in [0.5, 0.6) is 0 Å². The Morgan fingerprint density at radius 1 is 1.64 bits per heavy atom. The van der Waals surface area contributed by atoms with Crippen molar-refractivity contribution < 1.29 is 9.53 Å². The molecule has 0 spiro atoms. The number of hydrogen-bond acceptors (Lipinski definition) is 3. The summed E-state index contributed by atoms with van der Waals surface area (Å²) in [4.78, 5) is 13.2. The van der Waals surface area contributed by atoms with Crippen LogP contribution in [-0.2, 0) is 9.53 Å². The average Bonchev–Trinajstić information content (AvgIpc) is 2.15. The van der Waals surface area contributed by atoms with Crippen LogP contribution in [0.15, 0.2) is 0 Å². The van der Waals surface area contributed by atoms with Crippen molar-refractivity contribution in [3.8, 4) is 0 Å². The molecule has 82 valence electrons. The summed E-state index contributed by atoms with van der Waals surface area (Å²) in [6.07, 6.45) is 0. The topological polar surface area (TPSA) is 41.6 Å². The van der Waals surface area contributed by atoms with Gasteiger partial charge in [0.25, 0.3) is 0 Å². The Balaban J connectivity index is 2.42. The Morgan fingerprint density at radius 3 is 2.93 bits per heavy atom. The zero-order valence-corrected chi connectivity index (χ0v) is 9.25. The summed E-state index contributed by atoms with van der Waals surface area (Å²) in [5.74, 6) is 0.142. The molecular formula is C10H20N2O2. The molecule has 1 aliphatic heterocycles. The molecule has 1 aliphatic rings. The van der Waals surface area contributed by atoms with Crippen LogP contribution in [0.2, 0.25) is 0 Å². The summed E-state index contributed by atoms with van der Waals surface area (Å²) in [6.45, 7) is 8.67. The highest BCUT2D eigenvalue weighted by Gasteiger charge is 2.24. The van der Waals surface area contributed by atoms with E-state index in [-0.39, 0.29) is 11.9 Å². The Kier molecular flexibility index (Phi) is 4.35. The van der Waals surface area contributed by atoms with Crippen molar-refractivity contribution in [2.45, 2.75) is 32.9 Å². The number of morpholine rings is 1. The molecule has 0 aromatic heterocycles. The summed E-state index contributed by atoms with van der Waals surface area (Å²) in [6, 6.07) is 0.648. The SMILES string of the molecule is CC(=O)N1CCOC[C@H]1CNC(C)C. The number of nitrogens with one attached hydrogen (secondary N) is 1. The third-order valence-electron chi connectivity index (χ3n) is 2.39. The van der Waals surface area contributed by atoms with Gasteiger partial charge in [-0.3, -0.25) is 4.79 Å². The number of nitrogens with zero attached hydrogens (tertiary/aromatic N) is 1. The van der Waals surface area contributed by atoms with Crippen molar-refractivity contribution in [2.24, 2.45) is 0 Å². The first-order valence-corrected chi connectivity index (χ1v) is 5.19. The number of rotatable bonds is 3. The van der Waals surface area contributed by atoms with E-state index in [0.717, 1.165) is 13.1 Å². The van der Waals surface area contributed by atoms with Gasteiger partial charge >= 0.3 is 0 Å². The molecular weight excluding hydrogens is 180 g/mol. The second-order valence-corrected chi connectivity index (χ2v) is 4.00. The zero-order chi connectivity index (χ0) is 10.6. The van der Waals surface area contributed by atoms with E-state index in [9.17, 15) is 4.79 Å². The van der Waals surface area contributed by atoms with Crippen LogP contribution in [0, 0.1) is 0 Å². The Bertz CT molecular complexity index is 195. The van der Waals surface area contributed by atoms with E-state index in [1.807, 2.05) is 4.90 Å². The smallest absolute Gasteiger partial charge is 0.219 e. The third kappa shape index (κ3) is 3.27. The third-order valence-corrected chi connectivity index (χ3v) is 2.39. The number of ether oxygens (including phenoxy) is 1. The fraction of sp³-hybridized carbons (Fsp3) is 0.900. The quantitative estimate of drug-likeness (QED) is 0.709. The maximum Gasteiger partial charge on any atom is 0.219 e. The average molecular weight is 200 g/mol. The molecule has 4 heteroatoms. The zero-order valence-electron chi connectivity index (χ0n) is 9.25. The summed E-state index contributed by atoms with van der Waals surface area (Å²) in [7, 11) is 0. The van der Waals surface area contributed by atoms with E-state index in [1.54, 1.807) is 6.92 Å². The molecule has 1 heterocycles. The first kappa shape index (κ1) is 11.5. The molecule has 4 nitrogen and oxygen atoms in total. The number of hydrogen-bond donors (Lipinski definition) is 1.